The third kappa shape index (κ3) is 8.54. The van der Waals surface area contributed by atoms with Crippen LogP contribution in [0.4, 0.5) is 0 Å². The van der Waals surface area contributed by atoms with Gasteiger partial charge in [-0.25, -0.2) is 0 Å². The molecule has 0 saturated heterocycles. The highest BCUT2D eigenvalue weighted by Crippen LogP contribution is 2.03. The molecule has 0 radical (unpaired) electrons. The highest BCUT2D eigenvalue weighted by atomic mass is 35.5. The first-order valence-electron chi connectivity index (χ1n) is 4.72. The molecule has 0 aromatic heterocycles. The van der Waals surface area contributed by atoms with Gasteiger partial charge in [0.1, 0.15) is 0 Å². The predicted octanol–water partition coefficient (Wildman–Crippen LogP) is 2.94. The summed E-state index contributed by atoms with van der Waals surface area (Å²) in [5.41, 5.74) is 0. The van der Waals surface area contributed by atoms with E-state index in [2.05, 4.69) is 6.92 Å². The minimum absolute atomic E-state index is 0.529. The van der Waals surface area contributed by atoms with Gasteiger partial charge in [0.25, 0.3) is 0 Å². The van der Waals surface area contributed by atoms with E-state index in [4.69, 9.17) is 11.6 Å². The molecule has 0 heterocycles. The number of unbranched alkanes of at least 4 members (excludes halogenated alkanes) is 4. The van der Waals surface area contributed by atoms with Gasteiger partial charge in [0.05, 0.1) is 0 Å². The van der Waals surface area contributed by atoms with Gasteiger partial charge >= 0.3 is 0 Å². The number of halogens is 1. The number of rotatable bonds is 8. The molecule has 12 heavy (non-hydrogen) atoms. The Hall–Kier alpha value is 0.440. The topological polar surface area (TPSA) is 17.1 Å². The summed E-state index contributed by atoms with van der Waals surface area (Å²) < 4.78 is 11.1. The van der Waals surface area contributed by atoms with E-state index in [0.717, 1.165) is 12.2 Å². The fourth-order valence-electron chi connectivity index (χ4n) is 1.05. The molecule has 0 fully saturated rings. The van der Waals surface area contributed by atoms with Crippen molar-refractivity contribution in [2.45, 2.75) is 39.0 Å². The van der Waals surface area contributed by atoms with Crippen LogP contribution in [0.25, 0.3) is 0 Å². The van der Waals surface area contributed by atoms with Crippen LogP contribution in [0.15, 0.2) is 0 Å². The fraction of sp³-hybridized carbons (Fsp3) is 1.00. The van der Waals surface area contributed by atoms with Gasteiger partial charge in [0.2, 0.25) is 0 Å². The molecule has 0 amide bonds. The van der Waals surface area contributed by atoms with Crippen LogP contribution in [0.3, 0.4) is 0 Å². The Morgan fingerprint density at radius 2 is 1.75 bits per heavy atom. The largest absolute Gasteiger partial charge is 0.260 e. The van der Waals surface area contributed by atoms with E-state index in [9.17, 15) is 4.21 Å². The first-order chi connectivity index (χ1) is 5.81. The van der Waals surface area contributed by atoms with Crippen LogP contribution < -0.4 is 0 Å². The highest BCUT2D eigenvalue weighted by molar-refractivity contribution is 7.85. The first kappa shape index (κ1) is 12.4. The zero-order valence-corrected chi connectivity index (χ0v) is 9.42. The second-order valence-electron chi connectivity index (χ2n) is 2.95. The lowest BCUT2D eigenvalue weighted by Gasteiger charge is -1.99. The van der Waals surface area contributed by atoms with E-state index in [0.29, 0.717) is 11.6 Å². The zero-order valence-electron chi connectivity index (χ0n) is 7.85. The van der Waals surface area contributed by atoms with Gasteiger partial charge in [0, 0.05) is 28.2 Å². The summed E-state index contributed by atoms with van der Waals surface area (Å²) in [6.45, 7) is 2.20. The maximum Gasteiger partial charge on any atom is 0.0370 e. The summed E-state index contributed by atoms with van der Waals surface area (Å²) in [5, 5.41) is 0. The maximum absolute atomic E-state index is 11.1. The van der Waals surface area contributed by atoms with E-state index in [-0.39, 0.29) is 0 Å². The first-order valence-corrected chi connectivity index (χ1v) is 6.74. The lowest BCUT2D eigenvalue weighted by molar-refractivity contribution is 0.648. The molecule has 0 bridgehead atoms. The van der Waals surface area contributed by atoms with Gasteiger partial charge in [0.15, 0.2) is 0 Å². The van der Waals surface area contributed by atoms with Gasteiger partial charge in [-0.05, 0) is 6.42 Å². The summed E-state index contributed by atoms with van der Waals surface area (Å²) in [6, 6.07) is 0. The van der Waals surface area contributed by atoms with Crippen LogP contribution in [0.5, 0.6) is 0 Å². The molecular formula is C9H19ClOS. The molecule has 1 nitrogen and oxygen atoms in total. The summed E-state index contributed by atoms with van der Waals surface area (Å²) >= 11 is 5.47. The SMILES string of the molecule is CCCCCCC[S@@](=O)CCCl. The van der Waals surface area contributed by atoms with E-state index in [1.54, 1.807) is 0 Å². The van der Waals surface area contributed by atoms with Gasteiger partial charge in [-0.2, -0.15) is 0 Å². The van der Waals surface area contributed by atoms with Crippen molar-refractivity contribution < 1.29 is 4.21 Å². The van der Waals surface area contributed by atoms with Crippen molar-refractivity contribution in [3.05, 3.63) is 0 Å². The van der Waals surface area contributed by atoms with Gasteiger partial charge < -0.3 is 0 Å². The Kier molecular flexibility index (Phi) is 9.88. The lowest BCUT2D eigenvalue weighted by Crippen LogP contribution is -2.03. The van der Waals surface area contributed by atoms with Crippen molar-refractivity contribution in [1.29, 1.82) is 0 Å². The molecule has 0 aromatic rings. The van der Waals surface area contributed by atoms with Crippen molar-refractivity contribution >= 4 is 22.4 Å². The third-order valence-electron chi connectivity index (χ3n) is 1.78. The van der Waals surface area contributed by atoms with Crippen LogP contribution in [0.2, 0.25) is 0 Å². The van der Waals surface area contributed by atoms with Crippen molar-refractivity contribution in [3.63, 3.8) is 0 Å². The Morgan fingerprint density at radius 3 is 2.33 bits per heavy atom. The number of hydrogen-bond donors (Lipinski definition) is 0. The van der Waals surface area contributed by atoms with Crippen LogP contribution in [-0.2, 0) is 10.8 Å². The van der Waals surface area contributed by atoms with Gasteiger partial charge in [-0.15, -0.1) is 11.6 Å². The van der Waals surface area contributed by atoms with E-state index in [1.165, 1.54) is 25.7 Å². The average molecular weight is 211 g/mol. The van der Waals surface area contributed by atoms with Gasteiger partial charge in [-0.3, -0.25) is 4.21 Å². The Balaban J connectivity index is 3.03. The summed E-state index contributed by atoms with van der Waals surface area (Å²) in [5.74, 6) is 2.04. The molecule has 3 heteroatoms. The predicted molar refractivity (Wildman–Crippen MR) is 57.4 cm³/mol. The molecule has 0 saturated carbocycles. The summed E-state index contributed by atoms with van der Waals surface area (Å²) in [6.07, 6.45) is 6.19. The van der Waals surface area contributed by atoms with Crippen LogP contribution in [-0.4, -0.2) is 21.6 Å². The second kappa shape index (κ2) is 9.53. The molecule has 0 aliphatic carbocycles. The van der Waals surface area contributed by atoms with E-state index < -0.39 is 10.8 Å². The molecule has 0 N–H and O–H groups in total. The molecule has 74 valence electrons. The molecular weight excluding hydrogens is 192 g/mol. The summed E-state index contributed by atoms with van der Waals surface area (Å²) in [4.78, 5) is 0. The number of alkyl halides is 1. The molecule has 0 spiro atoms. The van der Waals surface area contributed by atoms with E-state index >= 15 is 0 Å². The molecule has 0 rings (SSSR count). The molecule has 0 aliphatic rings. The van der Waals surface area contributed by atoms with E-state index in [1.807, 2.05) is 0 Å². The highest BCUT2D eigenvalue weighted by Gasteiger charge is 1.97. The number of hydrogen-bond acceptors (Lipinski definition) is 1. The average Bonchev–Trinajstić information content (AvgIpc) is 2.05. The standard InChI is InChI=1S/C9H19ClOS/c1-2-3-4-5-6-8-12(11)9-7-10/h2-9H2,1H3/t12-/m1/s1. The smallest absolute Gasteiger partial charge is 0.0370 e. The Bertz CT molecular complexity index is 117. The van der Waals surface area contributed by atoms with Crippen molar-refractivity contribution in [2.24, 2.45) is 0 Å². The van der Waals surface area contributed by atoms with Crippen molar-refractivity contribution in [3.8, 4) is 0 Å². The lowest BCUT2D eigenvalue weighted by atomic mass is 10.2. The molecule has 0 unspecified atom stereocenters. The quantitative estimate of drug-likeness (QED) is 0.445. The third-order valence-corrected chi connectivity index (χ3v) is 3.60. The zero-order chi connectivity index (χ0) is 9.23. The Morgan fingerprint density at radius 1 is 1.08 bits per heavy atom. The normalized spacial score (nSPS) is 13.2. The second-order valence-corrected chi connectivity index (χ2v) is 5.03. The minimum Gasteiger partial charge on any atom is -0.260 e. The molecule has 0 aromatic carbocycles. The van der Waals surface area contributed by atoms with Crippen LogP contribution in [0.1, 0.15) is 39.0 Å². The monoisotopic (exact) mass is 210 g/mol. The fourth-order valence-corrected chi connectivity index (χ4v) is 2.47. The van der Waals surface area contributed by atoms with Crippen molar-refractivity contribution in [1.82, 2.24) is 0 Å². The maximum atomic E-state index is 11.1. The summed E-state index contributed by atoms with van der Waals surface area (Å²) in [7, 11) is -0.657. The molecule has 1 atom stereocenters. The van der Waals surface area contributed by atoms with Crippen LogP contribution in [0, 0.1) is 0 Å². The van der Waals surface area contributed by atoms with Crippen molar-refractivity contribution in [2.75, 3.05) is 17.4 Å². The van der Waals surface area contributed by atoms with Crippen LogP contribution >= 0.6 is 11.6 Å². The minimum atomic E-state index is -0.657. The van der Waals surface area contributed by atoms with Gasteiger partial charge in [-0.1, -0.05) is 32.6 Å². The molecule has 0 aliphatic heterocycles. The Labute approximate surface area is 83.3 Å².